The van der Waals surface area contributed by atoms with E-state index in [4.69, 9.17) is 16.3 Å². The van der Waals surface area contributed by atoms with E-state index in [0.717, 1.165) is 27.8 Å². The number of aryl methyl sites for hydroxylation is 2. The van der Waals surface area contributed by atoms with Gasteiger partial charge in [0.15, 0.2) is 0 Å². The summed E-state index contributed by atoms with van der Waals surface area (Å²) >= 11 is 7.86. The Kier molecular flexibility index (Phi) is 5.08. The highest BCUT2D eigenvalue weighted by molar-refractivity contribution is 7.16. The van der Waals surface area contributed by atoms with Crippen molar-refractivity contribution in [2.75, 3.05) is 13.7 Å². The van der Waals surface area contributed by atoms with Gasteiger partial charge in [0.05, 0.1) is 17.5 Å². The zero-order valence-electron chi connectivity index (χ0n) is 12.3. The lowest BCUT2D eigenvalue weighted by molar-refractivity contribution is 0.404. The van der Waals surface area contributed by atoms with Crippen LogP contribution < -0.4 is 10.1 Å². The van der Waals surface area contributed by atoms with Gasteiger partial charge in [0.25, 0.3) is 0 Å². The first-order valence-electron chi connectivity index (χ1n) is 6.70. The number of ether oxygens (including phenoxy) is 1. The number of halogens is 1. The smallest absolute Gasteiger partial charge is 0.124 e. The molecule has 0 aliphatic carbocycles. The number of hydrogen-bond donors (Lipinski definition) is 1. The van der Waals surface area contributed by atoms with Crippen molar-refractivity contribution in [3.8, 4) is 5.75 Å². The van der Waals surface area contributed by atoms with Crippen molar-refractivity contribution in [3.05, 3.63) is 50.2 Å². The van der Waals surface area contributed by atoms with E-state index in [0.29, 0.717) is 0 Å². The molecule has 2 rings (SSSR count). The first-order chi connectivity index (χ1) is 9.56. The zero-order valence-corrected chi connectivity index (χ0v) is 13.9. The largest absolute Gasteiger partial charge is 0.496 e. The minimum Gasteiger partial charge on any atom is -0.496 e. The van der Waals surface area contributed by atoms with Gasteiger partial charge >= 0.3 is 0 Å². The second-order valence-corrected chi connectivity index (χ2v) is 6.53. The summed E-state index contributed by atoms with van der Waals surface area (Å²) in [5.41, 5.74) is 3.51. The molecule has 0 fully saturated rings. The van der Waals surface area contributed by atoms with E-state index in [1.165, 1.54) is 10.4 Å². The van der Waals surface area contributed by atoms with E-state index in [1.807, 2.05) is 13.0 Å². The highest BCUT2D eigenvalue weighted by Gasteiger charge is 2.20. The standard InChI is InChI=1S/C16H20ClNOS/c1-5-18-15(14-9-11(3)16(17)20-14)12-8-10(2)6-7-13(12)19-4/h6-9,15,18H,5H2,1-4H3. The van der Waals surface area contributed by atoms with Crippen LogP contribution in [0.25, 0.3) is 0 Å². The van der Waals surface area contributed by atoms with Crippen molar-refractivity contribution in [1.29, 1.82) is 0 Å². The molecule has 1 atom stereocenters. The van der Waals surface area contributed by atoms with Crippen LogP contribution >= 0.6 is 22.9 Å². The lowest BCUT2D eigenvalue weighted by Crippen LogP contribution is -2.21. The molecule has 1 N–H and O–H groups in total. The molecule has 20 heavy (non-hydrogen) atoms. The van der Waals surface area contributed by atoms with E-state index in [-0.39, 0.29) is 6.04 Å². The first-order valence-corrected chi connectivity index (χ1v) is 7.90. The van der Waals surface area contributed by atoms with Crippen molar-refractivity contribution in [1.82, 2.24) is 5.32 Å². The molecule has 1 unspecified atom stereocenters. The summed E-state index contributed by atoms with van der Waals surface area (Å²) in [5, 5.41) is 3.53. The van der Waals surface area contributed by atoms with Crippen LogP contribution in [0.5, 0.6) is 5.75 Å². The quantitative estimate of drug-likeness (QED) is 0.862. The third-order valence-electron chi connectivity index (χ3n) is 3.27. The fourth-order valence-corrected chi connectivity index (χ4v) is 3.59. The molecular formula is C16H20ClNOS. The second kappa shape index (κ2) is 6.61. The highest BCUT2D eigenvalue weighted by atomic mass is 35.5. The normalized spacial score (nSPS) is 12.4. The predicted molar refractivity (Wildman–Crippen MR) is 87.3 cm³/mol. The van der Waals surface area contributed by atoms with Crippen LogP contribution in [0.4, 0.5) is 0 Å². The van der Waals surface area contributed by atoms with E-state index in [1.54, 1.807) is 18.4 Å². The monoisotopic (exact) mass is 309 g/mol. The van der Waals surface area contributed by atoms with Crippen LogP contribution in [0.2, 0.25) is 4.34 Å². The van der Waals surface area contributed by atoms with Crippen molar-refractivity contribution in [2.24, 2.45) is 0 Å². The Morgan fingerprint density at radius 1 is 1.30 bits per heavy atom. The maximum atomic E-state index is 6.23. The summed E-state index contributed by atoms with van der Waals surface area (Å²) in [6.07, 6.45) is 0. The van der Waals surface area contributed by atoms with Crippen LogP contribution in [0.15, 0.2) is 24.3 Å². The second-order valence-electron chi connectivity index (χ2n) is 4.84. The lowest BCUT2D eigenvalue weighted by Gasteiger charge is -2.20. The van der Waals surface area contributed by atoms with Gasteiger partial charge in [-0.05, 0) is 38.1 Å². The van der Waals surface area contributed by atoms with Gasteiger partial charge < -0.3 is 10.1 Å². The van der Waals surface area contributed by atoms with Gasteiger partial charge in [0.1, 0.15) is 5.75 Å². The number of methoxy groups -OCH3 is 1. The first kappa shape index (κ1) is 15.4. The molecule has 0 saturated heterocycles. The van der Waals surface area contributed by atoms with Crippen molar-refractivity contribution < 1.29 is 4.74 Å². The van der Waals surface area contributed by atoms with E-state index >= 15 is 0 Å². The Labute approximate surface area is 129 Å². The van der Waals surface area contributed by atoms with Crippen LogP contribution in [0.1, 0.15) is 34.5 Å². The molecule has 1 aromatic carbocycles. The molecule has 0 amide bonds. The Bertz CT molecular complexity index is 575. The lowest BCUT2D eigenvalue weighted by atomic mass is 10.0. The summed E-state index contributed by atoms with van der Waals surface area (Å²) in [5.74, 6) is 0.906. The molecule has 2 nitrogen and oxygen atoms in total. The molecule has 0 aliphatic rings. The van der Waals surface area contributed by atoms with E-state index in [2.05, 4.69) is 37.4 Å². The number of rotatable bonds is 5. The van der Waals surface area contributed by atoms with E-state index < -0.39 is 0 Å². The molecule has 0 bridgehead atoms. The molecule has 1 aromatic heterocycles. The third kappa shape index (κ3) is 3.17. The van der Waals surface area contributed by atoms with Gasteiger partial charge in [0.2, 0.25) is 0 Å². The Hall–Kier alpha value is -1.03. The Morgan fingerprint density at radius 2 is 2.05 bits per heavy atom. The zero-order chi connectivity index (χ0) is 14.7. The molecular weight excluding hydrogens is 290 g/mol. The maximum absolute atomic E-state index is 6.23. The van der Waals surface area contributed by atoms with Gasteiger partial charge in [0, 0.05) is 10.4 Å². The van der Waals surface area contributed by atoms with Crippen molar-refractivity contribution in [3.63, 3.8) is 0 Å². The maximum Gasteiger partial charge on any atom is 0.124 e. The van der Waals surface area contributed by atoms with Crippen LogP contribution in [-0.2, 0) is 0 Å². The summed E-state index contributed by atoms with van der Waals surface area (Å²) in [4.78, 5) is 1.22. The molecule has 108 valence electrons. The fraction of sp³-hybridized carbons (Fsp3) is 0.375. The molecule has 1 heterocycles. The summed E-state index contributed by atoms with van der Waals surface area (Å²) in [6, 6.07) is 8.54. The SMILES string of the molecule is CCNC(c1cc(C)c(Cl)s1)c1cc(C)ccc1OC. The van der Waals surface area contributed by atoms with Crippen LogP contribution in [0, 0.1) is 13.8 Å². The van der Waals surface area contributed by atoms with Crippen molar-refractivity contribution >= 4 is 22.9 Å². The molecule has 0 spiro atoms. The van der Waals surface area contributed by atoms with Crippen LogP contribution in [-0.4, -0.2) is 13.7 Å². The average Bonchev–Trinajstić information content (AvgIpc) is 2.75. The molecule has 2 aromatic rings. The van der Waals surface area contributed by atoms with Crippen molar-refractivity contribution in [2.45, 2.75) is 26.8 Å². The summed E-state index contributed by atoms with van der Waals surface area (Å²) in [7, 11) is 1.71. The topological polar surface area (TPSA) is 21.3 Å². The van der Waals surface area contributed by atoms with Gasteiger partial charge in [-0.1, -0.05) is 36.2 Å². The summed E-state index contributed by atoms with van der Waals surface area (Å²) in [6.45, 7) is 7.13. The van der Waals surface area contributed by atoms with Gasteiger partial charge in [-0.3, -0.25) is 0 Å². The minimum absolute atomic E-state index is 0.117. The number of nitrogens with one attached hydrogen (secondary N) is 1. The molecule has 0 radical (unpaired) electrons. The number of hydrogen-bond acceptors (Lipinski definition) is 3. The van der Waals surface area contributed by atoms with Gasteiger partial charge in [-0.15, -0.1) is 11.3 Å². The Balaban J connectivity index is 2.50. The fourth-order valence-electron chi connectivity index (χ4n) is 2.27. The van der Waals surface area contributed by atoms with Crippen LogP contribution in [0.3, 0.4) is 0 Å². The number of thiophene rings is 1. The van der Waals surface area contributed by atoms with E-state index in [9.17, 15) is 0 Å². The Morgan fingerprint density at radius 3 is 2.60 bits per heavy atom. The molecule has 0 aliphatic heterocycles. The minimum atomic E-state index is 0.117. The predicted octanol–water partition coefficient (Wildman–Crippen LogP) is 4.73. The summed E-state index contributed by atoms with van der Waals surface area (Å²) < 4.78 is 6.37. The average molecular weight is 310 g/mol. The number of benzene rings is 1. The van der Waals surface area contributed by atoms with Gasteiger partial charge in [-0.2, -0.15) is 0 Å². The van der Waals surface area contributed by atoms with Gasteiger partial charge in [-0.25, -0.2) is 0 Å². The molecule has 4 heteroatoms. The highest BCUT2D eigenvalue weighted by Crippen LogP contribution is 2.37. The molecule has 0 saturated carbocycles. The third-order valence-corrected chi connectivity index (χ3v) is 4.89.